The highest BCUT2D eigenvalue weighted by atomic mass is 19.1. The summed E-state index contributed by atoms with van der Waals surface area (Å²) >= 11 is 0. The van der Waals surface area contributed by atoms with E-state index in [4.69, 9.17) is 4.74 Å². The second-order valence-electron chi connectivity index (χ2n) is 5.45. The Hall–Kier alpha value is -1.22. The van der Waals surface area contributed by atoms with Gasteiger partial charge < -0.3 is 4.74 Å². The molecule has 0 radical (unpaired) electrons. The molecule has 1 aliphatic heterocycles. The van der Waals surface area contributed by atoms with Crippen LogP contribution in [0.4, 0.5) is 4.39 Å². The fraction of sp³-hybridized carbons (Fsp3) is 0.533. The third-order valence-corrected chi connectivity index (χ3v) is 4.26. The van der Waals surface area contributed by atoms with Crippen LogP contribution >= 0.6 is 0 Å². The van der Waals surface area contributed by atoms with Crippen molar-refractivity contribution in [2.24, 2.45) is 5.92 Å². The van der Waals surface area contributed by atoms with Gasteiger partial charge in [-0.15, -0.1) is 0 Å². The lowest BCUT2D eigenvalue weighted by molar-refractivity contribution is -0.137. The van der Waals surface area contributed by atoms with E-state index in [-0.39, 0.29) is 23.1 Å². The third kappa shape index (κ3) is 2.07. The van der Waals surface area contributed by atoms with Gasteiger partial charge in [0.25, 0.3) is 0 Å². The summed E-state index contributed by atoms with van der Waals surface area (Å²) in [4.78, 5) is 12.4. The molecule has 0 amide bonds. The average Bonchev–Trinajstić information content (AvgIpc) is 2.37. The van der Waals surface area contributed by atoms with Gasteiger partial charge in [-0.3, -0.25) is 4.79 Å². The van der Waals surface area contributed by atoms with E-state index in [1.807, 2.05) is 0 Å². The van der Waals surface area contributed by atoms with Crippen LogP contribution < -0.4 is 0 Å². The maximum atomic E-state index is 12.8. The molecule has 0 N–H and O–H groups in total. The number of carbonyl (C=O) groups is 1. The Labute approximate surface area is 106 Å². The predicted octanol–water partition coefficient (Wildman–Crippen LogP) is 3.36. The van der Waals surface area contributed by atoms with Crippen LogP contribution in [0.25, 0.3) is 0 Å². The van der Waals surface area contributed by atoms with E-state index in [2.05, 4.69) is 0 Å². The second-order valence-corrected chi connectivity index (χ2v) is 5.45. The fourth-order valence-electron chi connectivity index (χ4n) is 3.02. The Morgan fingerprint density at radius 2 is 2.00 bits per heavy atom. The van der Waals surface area contributed by atoms with E-state index < -0.39 is 0 Å². The van der Waals surface area contributed by atoms with Crippen LogP contribution in [0.15, 0.2) is 24.3 Å². The van der Waals surface area contributed by atoms with Crippen LogP contribution in [0.5, 0.6) is 0 Å². The first-order chi connectivity index (χ1) is 8.69. The molecule has 1 aromatic rings. The maximum absolute atomic E-state index is 12.8. The number of carbonyl (C=O) groups excluding carboxylic acids is 1. The van der Waals surface area contributed by atoms with Crippen LogP contribution in [0, 0.1) is 11.7 Å². The topological polar surface area (TPSA) is 26.3 Å². The summed E-state index contributed by atoms with van der Waals surface area (Å²) in [5.74, 6) is -0.108. The summed E-state index contributed by atoms with van der Waals surface area (Å²) in [5, 5.41) is 0. The maximum Gasteiger partial charge on any atom is 0.166 e. The smallest absolute Gasteiger partial charge is 0.166 e. The van der Waals surface area contributed by atoms with Crippen molar-refractivity contribution < 1.29 is 13.9 Å². The zero-order valence-corrected chi connectivity index (χ0v) is 10.3. The molecular formula is C15H17FO2. The summed E-state index contributed by atoms with van der Waals surface area (Å²) in [5.41, 5.74) is 0.608. The molecule has 2 aliphatic rings. The number of hydrogen-bond acceptors (Lipinski definition) is 2. The van der Waals surface area contributed by atoms with E-state index in [9.17, 15) is 9.18 Å². The molecule has 1 unspecified atom stereocenters. The van der Waals surface area contributed by atoms with Crippen molar-refractivity contribution in [3.05, 3.63) is 35.6 Å². The third-order valence-electron chi connectivity index (χ3n) is 4.26. The highest BCUT2D eigenvalue weighted by Crippen LogP contribution is 2.44. The Kier molecular flexibility index (Phi) is 2.94. The monoisotopic (exact) mass is 248 g/mol. The molecule has 96 valence electrons. The van der Waals surface area contributed by atoms with Crippen molar-refractivity contribution in [2.45, 2.75) is 37.7 Å². The van der Waals surface area contributed by atoms with Gasteiger partial charge in [0.1, 0.15) is 5.82 Å². The van der Waals surface area contributed by atoms with Crippen molar-refractivity contribution in [3.63, 3.8) is 0 Å². The van der Waals surface area contributed by atoms with E-state index in [1.165, 1.54) is 18.6 Å². The van der Waals surface area contributed by atoms with Crippen LogP contribution in [-0.2, 0) is 4.74 Å². The van der Waals surface area contributed by atoms with Crippen LogP contribution in [-0.4, -0.2) is 18.0 Å². The largest absolute Gasteiger partial charge is 0.375 e. The molecule has 2 fully saturated rings. The SMILES string of the molecule is O=C(c1ccc(F)cc1)C1CCOC2(CCC2)C1. The van der Waals surface area contributed by atoms with Gasteiger partial charge in [0.05, 0.1) is 5.60 Å². The Balaban J connectivity index is 1.74. The summed E-state index contributed by atoms with van der Waals surface area (Å²) in [6, 6.07) is 5.87. The molecule has 1 aromatic carbocycles. The van der Waals surface area contributed by atoms with Gasteiger partial charge in [0, 0.05) is 18.1 Å². The molecule has 18 heavy (non-hydrogen) atoms. The van der Waals surface area contributed by atoms with Crippen molar-refractivity contribution in [1.29, 1.82) is 0 Å². The first-order valence-corrected chi connectivity index (χ1v) is 6.62. The van der Waals surface area contributed by atoms with Gasteiger partial charge in [-0.2, -0.15) is 0 Å². The highest BCUT2D eigenvalue weighted by Gasteiger charge is 2.44. The van der Waals surface area contributed by atoms with E-state index >= 15 is 0 Å². The van der Waals surface area contributed by atoms with Crippen molar-refractivity contribution in [1.82, 2.24) is 0 Å². The Morgan fingerprint density at radius 3 is 2.61 bits per heavy atom. The van der Waals surface area contributed by atoms with Crippen LogP contribution in [0.1, 0.15) is 42.5 Å². The minimum atomic E-state index is -0.297. The molecule has 3 rings (SSSR count). The van der Waals surface area contributed by atoms with Gasteiger partial charge >= 0.3 is 0 Å². The molecule has 2 nitrogen and oxygen atoms in total. The Bertz CT molecular complexity index is 448. The van der Waals surface area contributed by atoms with Crippen LogP contribution in [0.2, 0.25) is 0 Å². The zero-order valence-electron chi connectivity index (χ0n) is 10.3. The number of hydrogen-bond donors (Lipinski definition) is 0. The first-order valence-electron chi connectivity index (χ1n) is 6.62. The lowest BCUT2D eigenvalue weighted by Crippen LogP contribution is -2.47. The quantitative estimate of drug-likeness (QED) is 0.750. The summed E-state index contributed by atoms with van der Waals surface area (Å²) in [7, 11) is 0. The molecule has 1 atom stereocenters. The number of ketones is 1. The molecular weight excluding hydrogens is 231 g/mol. The average molecular weight is 248 g/mol. The zero-order chi connectivity index (χ0) is 12.6. The number of rotatable bonds is 2. The molecule has 1 saturated heterocycles. The number of ether oxygens (including phenoxy) is 1. The van der Waals surface area contributed by atoms with Gasteiger partial charge in [0.15, 0.2) is 5.78 Å². The van der Waals surface area contributed by atoms with Crippen molar-refractivity contribution in [2.75, 3.05) is 6.61 Å². The summed E-state index contributed by atoms with van der Waals surface area (Å²) in [6.45, 7) is 0.678. The molecule has 1 spiro atoms. The molecule has 1 aliphatic carbocycles. The molecule has 0 bridgehead atoms. The lowest BCUT2D eigenvalue weighted by atomic mass is 9.70. The molecule has 3 heteroatoms. The van der Waals surface area contributed by atoms with Crippen LogP contribution in [0.3, 0.4) is 0 Å². The predicted molar refractivity (Wildman–Crippen MR) is 66.0 cm³/mol. The second kappa shape index (κ2) is 4.47. The van der Waals surface area contributed by atoms with Crippen molar-refractivity contribution >= 4 is 5.78 Å². The van der Waals surface area contributed by atoms with Gasteiger partial charge in [-0.1, -0.05) is 0 Å². The minimum absolute atomic E-state index is 0.0153. The summed E-state index contributed by atoms with van der Waals surface area (Å²) in [6.07, 6.45) is 5.00. The van der Waals surface area contributed by atoms with E-state index in [0.29, 0.717) is 12.2 Å². The highest BCUT2D eigenvalue weighted by molar-refractivity contribution is 5.97. The fourth-order valence-corrected chi connectivity index (χ4v) is 3.02. The minimum Gasteiger partial charge on any atom is -0.375 e. The van der Waals surface area contributed by atoms with E-state index in [0.717, 1.165) is 25.7 Å². The first kappa shape index (κ1) is 11.8. The standard InChI is InChI=1S/C15H17FO2/c16-13-4-2-11(3-5-13)14(17)12-6-9-18-15(10-12)7-1-8-15/h2-5,12H,1,6-10H2. The van der Waals surface area contributed by atoms with Gasteiger partial charge in [-0.05, 0) is 56.4 Å². The molecule has 1 heterocycles. The number of halogens is 1. The Morgan fingerprint density at radius 1 is 1.28 bits per heavy atom. The lowest BCUT2D eigenvalue weighted by Gasteiger charge is -2.46. The van der Waals surface area contributed by atoms with Gasteiger partial charge in [-0.25, -0.2) is 4.39 Å². The van der Waals surface area contributed by atoms with Crippen molar-refractivity contribution in [3.8, 4) is 0 Å². The summed E-state index contributed by atoms with van der Waals surface area (Å²) < 4.78 is 18.7. The number of benzene rings is 1. The molecule has 0 aromatic heterocycles. The number of Topliss-reactive ketones (excluding diaryl/α,β-unsaturated/α-hetero) is 1. The molecule has 1 saturated carbocycles. The normalized spacial score (nSPS) is 25.7. The van der Waals surface area contributed by atoms with E-state index in [1.54, 1.807) is 12.1 Å². The van der Waals surface area contributed by atoms with Gasteiger partial charge in [0.2, 0.25) is 0 Å².